The van der Waals surface area contributed by atoms with Crippen molar-refractivity contribution >= 4 is 23.4 Å². The number of fused-ring (bicyclic) bond motifs is 1. The molecule has 0 radical (unpaired) electrons. The van der Waals surface area contributed by atoms with Crippen LogP contribution >= 0.6 is 12.4 Å². The maximum Gasteiger partial charge on any atom is 0.106 e. The monoisotopic (exact) mass is 294 g/mol. The SMILES string of the molecule is CCCCCCCCCn1c(C)nc2ccccc21.Cl. The van der Waals surface area contributed by atoms with Crippen LogP contribution < -0.4 is 0 Å². The van der Waals surface area contributed by atoms with Crippen LogP contribution in [-0.4, -0.2) is 9.55 Å². The zero-order chi connectivity index (χ0) is 13.5. The first-order valence-corrected chi connectivity index (χ1v) is 7.75. The number of hydrogen-bond donors (Lipinski definition) is 0. The van der Waals surface area contributed by atoms with Crippen molar-refractivity contribution in [3.8, 4) is 0 Å². The van der Waals surface area contributed by atoms with Crippen LogP contribution in [0.3, 0.4) is 0 Å². The summed E-state index contributed by atoms with van der Waals surface area (Å²) >= 11 is 0. The Balaban J connectivity index is 0.00000200. The molecule has 0 atom stereocenters. The first-order chi connectivity index (χ1) is 9.33. The van der Waals surface area contributed by atoms with Gasteiger partial charge in [0, 0.05) is 6.54 Å². The summed E-state index contributed by atoms with van der Waals surface area (Å²) in [4.78, 5) is 4.62. The maximum atomic E-state index is 4.62. The summed E-state index contributed by atoms with van der Waals surface area (Å²) in [7, 11) is 0. The third-order valence-electron chi connectivity index (χ3n) is 3.83. The minimum Gasteiger partial charge on any atom is -0.328 e. The van der Waals surface area contributed by atoms with Gasteiger partial charge in [0.05, 0.1) is 11.0 Å². The fourth-order valence-electron chi connectivity index (χ4n) is 2.71. The Kier molecular flexibility index (Phi) is 7.68. The molecule has 0 aliphatic heterocycles. The highest BCUT2D eigenvalue weighted by atomic mass is 35.5. The molecule has 112 valence electrons. The lowest BCUT2D eigenvalue weighted by atomic mass is 10.1. The fourth-order valence-corrected chi connectivity index (χ4v) is 2.71. The summed E-state index contributed by atoms with van der Waals surface area (Å²) in [6, 6.07) is 8.44. The van der Waals surface area contributed by atoms with Gasteiger partial charge in [0.1, 0.15) is 5.82 Å². The molecule has 20 heavy (non-hydrogen) atoms. The Morgan fingerprint density at radius 2 is 1.60 bits per heavy atom. The average Bonchev–Trinajstić information content (AvgIpc) is 2.74. The number of aryl methyl sites for hydroxylation is 2. The molecule has 0 unspecified atom stereocenters. The Hall–Kier alpha value is -1.02. The quantitative estimate of drug-likeness (QED) is 0.586. The van der Waals surface area contributed by atoms with Gasteiger partial charge in [-0.05, 0) is 25.5 Å². The summed E-state index contributed by atoms with van der Waals surface area (Å²) in [5.74, 6) is 1.15. The average molecular weight is 295 g/mol. The molecule has 1 aromatic heterocycles. The van der Waals surface area contributed by atoms with Crippen molar-refractivity contribution < 1.29 is 0 Å². The Morgan fingerprint density at radius 1 is 0.950 bits per heavy atom. The molecule has 2 aromatic rings. The number of rotatable bonds is 8. The molecule has 3 heteroatoms. The molecular weight excluding hydrogens is 268 g/mol. The van der Waals surface area contributed by atoms with E-state index in [2.05, 4.69) is 47.7 Å². The number of aromatic nitrogens is 2. The third-order valence-corrected chi connectivity index (χ3v) is 3.83. The van der Waals surface area contributed by atoms with Gasteiger partial charge in [0.25, 0.3) is 0 Å². The van der Waals surface area contributed by atoms with Crippen LogP contribution in [0.5, 0.6) is 0 Å². The highest BCUT2D eigenvalue weighted by Gasteiger charge is 2.05. The highest BCUT2D eigenvalue weighted by Crippen LogP contribution is 2.17. The van der Waals surface area contributed by atoms with Gasteiger partial charge in [0.2, 0.25) is 0 Å². The van der Waals surface area contributed by atoms with E-state index in [0.29, 0.717) is 0 Å². The summed E-state index contributed by atoms with van der Waals surface area (Å²) in [5, 5.41) is 0. The van der Waals surface area contributed by atoms with E-state index in [9.17, 15) is 0 Å². The molecule has 0 aliphatic carbocycles. The minimum atomic E-state index is 0. The second-order valence-electron chi connectivity index (χ2n) is 5.42. The van der Waals surface area contributed by atoms with Gasteiger partial charge in [-0.3, -0.25) is 0 Å². The normalized spacial score (nSPS) is 10.7. The Morgan fingerprint density at radius 3 is 2.35 bits per heavy atom. The van der Waals surface area contributed by atoms with Crippen molar-refractivity contribution in [1.29, 1.82) is 0 Å². The number of hydrogen-bond acceptors (Lipinski definition) is 1. The van der Waals surface area contributed by atoms with Crippen LogP contribution in [0.2, 0.25) is 0 Å². The Bertz CT molecular complexity index is 505. The summed E-state index contributed by atoms with van der Waals surface area (Å²) in [6.07, 6.45) is 9.53. The van der Waals surface area contributed by atoms with E-state index >= 15 is 0 Å². The molecule has 0 aliphatic rings. The lowest BCUT2D eigenvalue weighted by Gasteiger charge is -2.06. The lowest BCUT2D eigenvalue weighted by Crippen LogP contribution is -2.00. The van der Waals surface area contributed by atoms with Gasteiger partial charge >= 0.3 is 0 Å². The minimum absolute atomic E-state index is 0. The maximum absolute atomic E-state index is 4.62. The van der Waals surface area contributed by atoms with E-state index in [0.717, 1.165) is 17.9 Å². The first kappa shape index (κ1) is 17.0. The predicted molar refractivity (Wildman–Crippen MR) is 89.7 cm³/mol. The molecule has 0 N–H and O–H groups in total. The van der Waals surface area contributed by atoms with Crippen LogP contribution in [0, 0.1) is 6.92 Å². The largest absolute Gasteiger partial charge is 0.328 e. The van der Waals surface area contributed by atoms with Gasteiger partial charge in [-0.15, -0.1) is 12.4 Å². The van der Waals surface area contributed by atoms with E-state index in [-0.39, 0.29) is 12.4 Å². The molecule has 0 saturated carbocycles. The summed E-state index contributed by atoms with van der Waals surface area (Å²) in [6.45, 7) is 5.49. The number of para-hydroxylation sites is 2. The van der Waals surface area contributed by atoms with Crippen molar-refractivity contribution in [2.45, 2.75) is 65.3 Å². The highest BCUT2D eigenvalue weighted by molar-refractivity contribution is 5.85. The standard InChI is InChI=1S/C17H26N2.ClH/c1-3-4-5-6-7-8-11-14-19-15(2)18-16-12-9-10-13-17(16)19;/h9-10,12-13H,3-8,11,14H2,1-2H3;1H. The number of benzene rings is 1. The van der Waals surface area contributed by atoms with E-state index in [1.54, 1.807) is 0 Å². The zero-order valence-electron chi connectivity index (χ0n) is 12.8. The lowest BCUT2D eigenvalue weighted by molar-refractivity contribution is 0.550. The van der Waals surface area contributed by atoms with Gasteiger partial charge < -0.3 is 4.57 Å². The summed E-state index contributed by atoms with van der Waals surface area (Å²) < 4.78 is 2.36. The molecule has 1 aromatic carbocycles. The third kappa shape index (κ3) is 4.52. The number of halogens is 1. The zero-order valence-corrected chi connectivity index (χ0v) is 13.6. The van der Waals surface area contributed by atoms with Gasteiger partial charge in [0.15, 0.2) is 0 Å². The van der Waals surface area contributed by atoms with E-state index in [1.807, 2.05) is 0 Å². The van der Waals surface area contributed by atoms with Crippen molar-refractivity contribution in [2.24, 2.45) is 0 Å². The molecule has 0 spiro atoms. The van der Waals surface area contributed by atoms with Gasteiger partial charge in [-0.2, -0.15) is 0 Å². The second kappa shape index (κ2) is 9.02. The van der Waals surface area contributed by atoms with Crippen LogP contribution in [0.15, 0.2) is 24.3 Å². The van der Waals surface area contributed by atoms with Crippen molar-refractivity contribution in [1.82, 2.24) is 9.55 Å². The van der Waals surface area contributed by atoms with Crippen molar-refractivity contribution in [2.75, 3.05) is 0 Å². The van der Waals surface area contributed by atoms with Crippen LogP contribution in [0.25, 0.3) is 11.0 Å². The number of unbranched alkanes of at least 4 members (excludes halogenated alkanes) is 6. The fraction of sp³-hybridized carbons (Fsp3) is 0.588. The molecule has 1 heterocycles. The van der Waals surface area contributed by atoms with Crippen LogP contribution in [0.4, 0.5) is 0 Å². The summed E-state index contributed by atoms with van der Waals surface area (Å²) in [5.41, 5.74) is 2.41. The molecule has 0 fully saturated rings. The van der Waals surface area contributed by atoms with Crippen molar-refractivity contribution in [3.63, 3.8) is 0 Å². The molecule has 0 saturated heterocycles. The van der Waals surface area contributed by atoms with Gasteiger partial charge in [-0.25, -0.2) is 4.98 Å². The first-order valence-electron chi connectivity index (χ1n) is 7.75. The van der Waals surface area contributed by atoms with Gasteiger partial charge in [-0.1, -0.05) is 57.6 Å². The van der Waals surface area contributed by atoms with Crippen molar-refractivity contribution in [3.05, 3.63) is 30.1 Å². The smallest absolute Gasteiger partial charge is 0.106 e. The number of nitrogens with zero attached hydrogens (tertiary/aromatic N) is 2. The molecule has 2 nitrogen and oxygen atoms in total. The van der Waals surface area contributed by atoms with E-state index in [1.165, 1.54) is 50.5 Å². The molecule has 2 rings (SSSR count). The van der Waals surface area contributed by atoms with E-state index in [4.69, 9.17) is 0 Å². The van der Waals surface area contributed by atoms with Crippen LogP contribution in [0.1, 0.15) is 57.7 Å². The topological polar surface area (TPSA) is 17.8 Å². The second-order valence-corrected chi connectivity index (χ2v) is 5.42. The molecular formula is C17H27ClN2. The van der Waals surface area contributed by atoms with E-state index < -0.39 is 0 Å². The Labute approximate surface area is 129 Å². The molecule has 0 amide bonds. The predicted octanol–water partition coefficient (Wildman–Crippen LogP) is 5.52. The molecule has 0 bridgehead atoms. The number of imidazole rings is 1. The van der Waals surface area contributed by atoms with Crippen LogP contribution in [-0.2, 0) is 6.54 Å².